The highest BCUT2D eigenvalue weighted by Gasteiger charge is 2.37. The van der Waals surface area contributed by atoms with Crippen LogP contribution in [0.3, 0.4) is 0 Å². The highest BCUT2D eigenvalue weighted by atomic mass is 32.2. The molecule has 2 aliphatic rings. The number of thioether (sulfide) groups is 1. The van der Waals surface area contributed by atoms with Crippen LogP contribution < -0.4 is 15.5 Å². The first-order valence-corrected chi connectivity index (χ1v) is 9.12. The molecule has 0 saturated carbocycles. The lowest BCUT2D eigenvalue weighted by Crippen LogP contribution is -2.40. The number of nitrogens with two attached hydrogens (primary N) is 1. The van der Waals surface area contributed by atoms with E-state index in [4.69, 9.17) is 5.73 Å². The lowest BCUT2D eigenvalue weighted by molar-refractivity contribution is 0.0987. The zero-order chi connectivity index (χ0) is 16.7. The molecule has 1 atom stereocenters. The number of anilines is 3. The number of amides is 1. The Morgan fingerprint density at radius 3 is 3.00 bits per heavy atom. The van der Waals surface area contributed by atoms with E-state index in [0.29, 0.717) is 28.9 Å². The van der Waals surface area contributed by atoms with Gasteiger partial charge in [-0.25, -0.2) is 15.0 Å². The number of carbonyl (C=O) groups excluding carboxylic acids is 1. The van der Waals surface area contributed by atoms with E-state index in [1.54, 1.807) is 17.2 Å². The molecule has 1 amide bonds. The molecular formula is C16H18N6OS. The fourth-order valence-corrected chi connectivity index (χ4v) is 3.69. The first kappa shape index (κ1) is 15.2. The summed E-state index contributed by atoms with van der Waals surface area (Å²) in [4.78, 5) is 30.3. The maximum Gasteiger partial charge on any atom is 0.264 e. The van der Waals surface area contributed by atoms with Crippen LogP contribution in [0.4, 0.5) is 17.5 Å². The number of hydrogen-bond donors (Lipinski definition) is 1. The summed E-state index contributed by atoms with van der Waals surface area (Å²) in [6, 6.07) is 5.59. The Balaban J connectivity index is 1.83. The van der Waals surface area contributed by atoms with Gasteiger partial charge >= 0.3 is 0 Å². The SMILES string of the molecule is CSc1ncc2c(n1)N1CCC[C@H]1CN(c1cccc(N)n1)C2=O. The van der Waals surface area contributed by atoms with Crippen molar-refractivity contribution in [2.24, 2.45) is 0 Å². The smallest absolute Gasteiger partial charge is 0.264 e. The second-order valence-electron chi connectivity index (χ2n) is 5.92. The molecule has 0 bridgehead atoms. The molecular weight excluding hydrogens is 324 g/mol. The van der Waals surface area contributed by atoms with Gasteiger partial charge in [0.05, 0.1) is 0 Å². The van der Waals surface area contributed by atoms with Crippen LogP contribution in [0.15, 0.2) is 29.6 Å². The van der Waals surface area contributed by atoms with Gasteiger partial charge in [0.25, 0.3) is 5.91 Å². The zero-order valence-corrected chi connectivity index (χ0v) is 14.2. The summed E-state index contributed by atoms with van der Waals surface area (Å²) in [5.41, 5.74) is 6.33. The minimum absolute atomic E-state index is 0.120. The maximum atomic E-state index is 13.1. The van der Waals surface area contributed by atoms with Crippen LogP contribution in [-0.2, 0) is 0 Å². The second-order valence-corrected chi connectivity index (χ2v) is 6.69. The lowest BCUT2D eigenvalue weighted by Gasteiger charge is -2.26. The molecule has 2 aliphatic heterocycles. The van der Waals surface area contributed by atoms with Gasteiger partial charge in [0.2, 0.25) is 0 Å². The van der Waals surface area contributed by atoms with Crippen molar-refractivity contribution in [2.45, 2.75) is 24.0 Å². The van der Waals surface area contributed by atoms with Gasteiger partial charge in [-0.15, -0.1) is 0 Å². The maximum absolute atomic E-state index is 13.1. The zero-order valence-electron chi connectivity index (χ0n) is 13.3. The Hall–Kier alpha value is -2.35. The van der Waals surface area contributed by atoms with Crippen LogP contribution in [0.2, 0.25) is 0 Å². The molecule has 2 aromatic rings. The molecule has 7 nitrogen and oxygen atoms in total. The van der Waals surface area contributed by atoms with Gasteiger partial charge in [-0.1, -0.05) is 17.8 Å². The molecule has 2 N–H and O–H groups in total. The molecule has 4 heterocycles. The monoisotopic (exact) mass is 342 g/mol. The largest absolute Gasteiger partial charge is 0.384 e. The van der Waals surface area contributed by atoms with Crippen molar-refractivity contribution in [3.8, 4) is 0 Å². The molecule has 2 aromatic heterocycles. The molecule has 0 aliphatic carbocycles. The van der Waals surface area contributed by atoms with Crippen molar-refractivity contribution in [1.82, 2.24) is 15.0 Å². The van der Waals surface area contributed by atoms with Gasteiger partial charge in [-0.2, -0.15) is 0 Å². The molecule has 1 saturated heterocycles. The minimum Gasteiger partial charge on any atom is -0.384 e. The minimum atomic E-state index is -0.120. The molecule has 8 heteroatoms. The molecule has 0 radical (unpaired) electrons. The summed E-state index contributed by atoms with van der Waals surface area (Å²) in [7, 11) is 0. The highest BCUT2D eigenvalue weighted by molar-refractivity contribution is 7.98. The van der Waals surface area contributed by atoms with Gasteiger partial charge in [-0.3, -0.25) is 9.69 Å². The van der Waals surface area contributed by atoms with Gasteiger partial charge in [0.15, 0.2) is 5.16 Å². The average molecular weight is 342 g/mol. The van der Waals surface area contributed by atoms with Crippen LogP contribution in [0.25, 0.3) is 0 Å². The Morgan fingerprint density at radius 2 is 2.21 bits per heavy atom. The first-order chi connectivity index (χ1) is 11.7. The predicted molar refractivity (Wildman–Crippen MR) is 94.5 cm³/mol. The van der Waals surface area contributed by atoms with Crippen molar-refractivity contribution in [2.75, 3.05) is 34.9 Å². The number of carbonyl (C=O) groups is 1. The van der Waals surface area contributed by atoms with Crippen LogP contribution in [0.5, 0.6) is 0 Å². The van der Waals surface area contributed by atoms with E-state index in [-0.39, 0.29) is 11.9 Å². The number of fused-ring (bicyclic) bond motifs is 3. The number of pyridine rings is 1. The van der Waals surface area contributed by atoms with Gasteiger partial charge in [0.1, 0.15) is 23.0 Å². The van der Waals surface area contributed by atoms with E-state index < -0.39 is 0 Å². The van der Waals surface area contributed by atoms with Crippen molar-refractivity contribution >= 4 is 35.1 Å². The molecule has 0 unspecified atom stereocenters. The number of hydrogen-bond acceptors (Lipinski definition) is 7. The second kappa shape index (κ2) is 5.94. The van der Waals surface area contributed by atoms with E-state index in [0.717, 1.165) is 25.2 Å². The molecule has 4 rings (SSSR count). The fourth-order valence-electron chi connectivity index (χ4n) is 3.36. The third kappa shape index (κ3) is 2.47. The molecule has 1 fully saturated rings. The summed E-state index contributed by atoms with van der Waals surface area (Å²) in [5.74, 6) is 1.61. The highest BCUT2D eigenvalue weighted by Crippen LogP contribution is 2.33. The number of rotatable bonds is 2. The van der Waals surface area contributed by atoms with Crippen LogP contribution >= 0.6 is 11.8 Å². The third-order valence-electron chi connectivity index (χ3n) is 4.48. The van der Waals surface area contributed by atoms with Crippen molar-refractivity contribution in [3.05, 3.63) is 30.0 Å². The van der Waals surface area contributed by atoms with E-state index in [1.165, 1.54) is 11.8 Å². The van der Waals surface area contributed by atoms with Crippen molar-refractivity contribution < 1.29 is 4.79 Å². The molecule has 0 aromatic carbocycles. The van der Waals surface area contributed by atoms with Gasteiger partial charge in [-0.05, 0) is 31.2 Å². The summed E-state index contributed by atoms with van der Waals surface area (Å²) in [6.45, 7) is 1.49. The Bertz CT molecular complexity index is 798. The number of nitrogen functional groups attached to an aromatic ring is 1. The average Bonchev–Trinajstić information content (AvgIpc) is 3.02. The van der Waals surface area contributed by atoms with Crippen LogP contribution in [0, 0.1) is 0 Å². The van der Waals surface area contributed by atoms with Crippen LogP contribution in [-0.4, -0.2) is 46.2 Å². The Labute approximate surface area is 144 Å². The summed E-state index contributed by atoms with van der Waals surface area (Å²) >= 11 is 1.48. The molecule has 124 valence electrons. The van der Waals surface area contributed by atoms with E-state index in [2.05, 4.69) is 19.9 Å². The standard InChI is InChI=1S/C16H18N6OS/c1-24-16-18-8-11-14(20-16)21-7-3-4-10(21)9-22(15(11)23)13-6-2-5-12(17)19-13/h2,5-6,8,10H,3-4,7,9H2,1H3,(H2,17,19)/t10-/m0/s1. The quantitative estimate of drug-likeness (QED) is 0.657. The third-order valence-corrected chi connectivity index (χ3v) is 5.04. The lowest BCUT2D eigenvalue weighted by atomic mass is 10.2. The topological polar surface area (TPSA) is 88.2 Å². The summed E-state index contributed by atoms with van der Waals surface area (Å²) < 4.78 is 0. The predicted octanol–water partition coefficient (Wildman–Crippen LogP) is 1.80. The Kier molecular flexibility index (Phi) is 3.76. The van der Waals surface area contributed by atoms with E-state index in [1.807, 2.05) is 18.4 Å². The number of aromatic nitrogens is 3. The van der Waals surface area contributed by atoms with Crippen LogP contribution in [0.1, 0.15) is 23.2 Å². The van der Waals surface area contributed by atoms with Crippen molar-refractivity contribution in [1.29, 1.82) is 0 Å². The van der Waals surface area contributed by atoms with E-state index in [9.17, 15) is 4.79 Å². The summed E-state index contributed by atoms with van der Waals surface area (Å²) in [5, 5.41) is 0.683. The van der Waals surface area contributed by atoms with E-state index >= 15 is 0 Å². The summed E-state index contributed by atoms with van der Waals surface area (Å²) in [6.07, 6.45) is 5.69. The number of nitrogens with zero attached hydrogens (tertiary/aromatic N) is 5. The molecule has 0 spiro atoms. The van der Waals surface area contributed by atoms with Crippen molar-refractivity contribution in [3.63, 3.8) is 0 Å². The van der Waals surface area contributed by atoms with Gasteiger partial charge in [0, 0.05) is 25.3 Å². The normalized spacial score (nSPS) is 19.9. The molecule has 24 heavy (non-hydrogen) atoms. The van der Waals surface area contributed by atoms with Gasteiger partial charge < -0.3 is 10.6 Å². The Morgan fingerprint density at radius 1 is 1.33 bits per heavy atom. The fraction of sp³-hybridized carbons (Fsp3) is 0.375. The first-order valence-electron chi connectivity index (χ1n) is 7.89.